The second kappa shape index (κ2) is 10.6. The Morgan fingerprint density at radius 3 is 2.49 bits per heavy atom. The molecular formula is C22H29N3O7S3. The van der Waals surface area contributed by atoms with Crippen LogP contribution in [0.5, 0.6) is 0 Å². The summed E-state index contributed by atoms with van der Waals surface area (Å²) < 4.78 is 59.1. The van der Waals surface area contributed by atoms with E-state index >= 15 is 0 Å². The van der Waals surface area contributed by atoms with Gasteiger partial charge in [0.25, 0.3) is 15.9 Å². The maximum Gasteiger partial charge on any atom is 0.263 e. The monoisotopic (exact) mass is 543 g/mol. The van der Waals surface area contributed by atoms with Gasteiger partial charge in [-0.05, 0) is 37.5 Å². The molecule has 2 aliphatic heterocycles. The van der Waals surface area contributed by atoms with Gasteiger partial charge in [0.05, 0.1) is 6.26 Å². The summed E-state index contributed by atoms with van der Waals surface area (Å²) in [5.41, 5.74) is 4.28. The Morgan fingerprint density at radius 2 is 1.83 bits per heavy atom. The van der Waals surface area contributed by atoms with E-state index in [9.17, 15) is 21.6 Å². The molecule has 1 unspecified atom stereocenters. The number of amides is 1. The number of hydrogen-bond acceptors (Lipinski definition) is 8. The average Bonchev–Trinajstić information content (AvgIpc) is 3.34. The highest BCUT2D eigenvalue weighted by molar-refractivity contribution is 7.91. The second-order valence-corrected chi connectivity index (χ2v) is 13.8. The predicted octanol–water partition coefficient (Wildman–Crippen LogP) is 1.93. The first kappa shape index (κ1) is 26.2. The number of sulfonamides is 2. The number of thiophene rings is 1. The number of piperazine rings is 1. The molecule has 0 aliphatic carbocycles. The molecule has 1 amide bonds. The first-order valence-electron chi connectivity index (χ1n) is 11.3. The molecule has 1 aromatic heterocycles. The minimum absolute atomic E-state index is 0.0510. The van der Waals surface area contributed by atoms with Crippen LogP contribution in [0, 0.1) is 6.92 Å². The maximum atomic E-state index is 13.6. The molecule has 2 aliphatic rings. The van der Waals surface area contributed by atoms with Crippen LogP contribution < -0.4 is 5.48 Å². The Kier molecular flexibility index (Phi) is 7.95. The second-order valence-electron chi connectivity index (χ2n) is 8.62. The standard InChI is InChI=1S/C22H29N3O7S3/c1-16-6-8-17(9-7-16)19-10-11-21(33-19)35(29,30)25-13-12-24(34(2,27)28)15-18(25)22(26)23-32-20-5-3-4-14-31-20/h6-11,18,20H,3-5,12-15H2,1-2H3,(H,23,26)/t18-,20?/m1/s1. The summed E-state index contributed by atoms with van der Waals surface area (Å²) in [5, 5.41) is 0. The number of benzene rings is 1. The van der Waals surface area contributed by atoms with Gasteiger partial charge in [0.15, 0.2) is 6.29 Å². The molecule has 0 saturated carbocycles. The van der Waals surface area contributed by atoms with E-state index in [1.165, 1.54) is 6.07 Å². The molecule has 2 aromatic rings. The summed E-state index contributed by atoms with van der Waals surface area (Å²) in [6, 6.07) is 9.69. The normalized spacial score (nSPS) is 22.7. The molecule has 10 nitrogen and oxygen atoms in total. The van der Waals surface area contributed by atoms with Crippen LogP contribution in [0.1, 0.15) is 24.8 Å². The number of aryl methyl sites for hydroxylation is 1. The highest BCUT2D eigenvalue weighted by Gasteiger charge is 2.43. The molecule has 2 fully saturated rings. The van der Waals surface area contributed by atoms with Gasteiger partial charge in [-0.3, -0.25) is 4.79 Å². The van der Waals surface area contributed by atoms with E-state index in [1.807, 2.05) is 31.2 Å². The van der Waals surface area contributed by atoms with Crippen LogP contribution in [0.15, 0.2) is 40.6 Å². The smallest absolute Gasteiger partial charge is 0.263 e. The summed E-state index contributed by atoms with van der Waals surface area (Å²) in [7, 11) is -7.71. The zero-order valence-electron chi connectivity index (χ0n) is 19.5. The molecule has 1 N–H and O–H groups in total. The molecule has 35 heavy (non-hydrogen) atoms. The van der Waals surface area contributed by atoms with E-state index in [2.05, 4.69) is 5.48 Å². The van der Waals surface area contributed by atoms with Gasteiger partial charge < -0.3 is 4.74 Å². The van der Waals surface area contributed by atoms with Gasteiger partial charge in [-0.25, -0.2) is 27.2 Å². The molecule has 2 saturated heterocycles. The molecule has 1 aromatic carbocycles. The quantitative estimate of drug-likeness (QED) is 0.530. The molecule has 3 heterocycles. The zero-order chi connectivity index (χ0) is 25.2. The molecule has 0 bridgehead atoms. The maximum absolute atomic E-state index is 13.6. The van der Waals surface area contributed by atoms with Crippen molar-refractivity contribution >= 4 is 37.3 Å². The molecule has 0 spiro atoms. The van der Waals surface area contributed by atoms with Gasteiger partial charge in [0, 0.05) is 37.5 Å². The minimum Gasteiger partial charge on any atom is -0.350 e. The van der Waals surface area contributed by atoms with Crippen molar-refractivity contribution in [1.82, 2.24) is 14.1 Å². The predicted molar refractivity (Wildman–Crippen MR) is 131 cm³/mol. The van der Waals surface area contributed by atoms with E-state index in [0.29, 0.717) is 13.0 Å². The van der Waals surface area contributed by atoms with Gasteiger partial charge in [-0.2, -0.15) is 8.61 Å². The van der Waals surface area contributed by atoms with E-state index in [1.54, 1.807) is 6.07 Å². The number of hydroxylamine groups is 1. The molecular weight excluding hydrogens is 514 g/mol. The van der Waals surface area contributed by atoms with Crippen LogP contribution in [-0.4, -0.2) is 76.2 Å². The third-order valence-corrected chi connectivity index (χ3v) is 10.8. The summed E-state index contributed by atoms with van der Waals surface area (Å²) in [4.78, 5) is 19.2. The fourth-order valence-corrected chi connectivity index (χ4v) is 7.82. The minimum atomic E-state index is -4.08. The highest BCUT2D eigenvalue weighted by Crippen LogP contribution is 2.34. The van der Waals surface area contributed by atoms with Crippen molar-refractivity contribution in [2.24, 2.45) is 0 Å². The van der Waals surface area contributed by atoms with Crippen LogP contribution in [-0.2, 0) is 34.4 Å². The van der Waals surface area contributed by atoms with Gasteiger partial charge in [-0.15, -0.1) is 11.3 Å². The third-order valence-electron chi connectivity index (χ3n) is 5.97. The van der Waals surface area contributed by atoms with Crippen LogP contribution in [0.2, 0.25) is 0 Å². The van der Waals surface area contributed by atoms with Gasteiger partial charge >= 0.3 is 0 Å². The highest BCUT2D eigenvalue weighted by atomic mass is 32.2. The molecule has 13 heteroatoms. The molecule has 4 rings (SSSR count). The summed E-state index contributed by atoms with van der Waals surface area (Å²) >= 11 is 1.10. The molecule has 0 radical (unpaired) electrons. The Morgan fingerprint density at radius 1 is 1.09 bits per heavy atom. The van der Waals surface area contributed by atoms with Crippen LogP contribution in [0.25, 0.3) is 10.4 Å². The van der Waals surface area contributed by atoms with Gasteiger partial charge in [0.2, 0.25) is 10.0 Å². The number of hydrogen-bond donors (Lipinski definition) is 1. The van der Waals surface area contributed by atoms with E-state index < -0.39 is 38.3 Å². The summed E-state index contributed by atoms with van der Waals surface area (Å²) in [6.07, 6.45) is 2.79. The Balaban J connectivity index is 1.57. The molecule has 2 atom stereocenters. The van der Waals surface area contributed by atoms with Crippen molar-refractivity contribution in [1.29, 1.82) is 0 Å². The first-order valence-corrected chi connectivity index (χ1v) is 15.4. The number of rotatable bonds is 7. The van der Waals surface area contributed by atoms with Crippen molar-refractivity contribution in [3.8, 4) is 10.4 Å². The number of nitrogens with one attached hydrogen (secondary N) is 1. The SMILES string of the molecule is Cc1ccc(-c2ccc(S(=O)(=O)N3CCN(S(C)(=O)=O)C[C@@H]3C(=O)NOC3CCCCO3)s2)cc1. The third kappa shape index (κ3) is 6.10. The number of ether oxygens (including phenoxy) is 1. The van der Waals surface area contributed by atoms with Crippen molar-refractivity contribution < 1.29 is 31.2 Å². The van der Waals surface area contributed by atoms with E-state index in [0.717, 1.165) is 55.0 Å². The number of carbonyl (C=O) groups is 1. The average molecular weight is 544 g/mol. The topological polar surface area (TPSA) is 122 Å². The first-order chi connectivity index (χ1) is 16.6. The van der Waals surface area contributed by atoms with Crippen molar-refractivity contribution in [3.05, 3.63) is 42.0 Å². The van der Waals surface area contributed by atoms with Crippen molar-refractivity contribution in [3.63, 3.8) is 0 Å². The Hall–Kier alpha value is -1.87. The summed E-state index contributed by atoms with van der Waals surface area (Å²) in [6.45, 7) is 1.96. The largest absolute Gasteiger partial charge is 0.350 e. The molecule has 192 valence electrons. The van der Waals surface area contributed by atoms with Gasteiger partial charge in [-0.1, -0.05) is 29.8 Å². The van der Waals surface area contributed by atoms with E-state index in [-0.39, 0.29) is 23.8 Å². The Bertz CT molecular complexity index is 1250. The van der Waals surface area contributed by atoms with E-state index in [4.69, 9.17) is 9.57 Å². The zero-order valence-corrected chi connectivity index (χ0v) is 22.0. The van der Waals surface area contributed by atoms with Crippen LogP contribution >= 0.6 is 11.3 Å². The lowest BCUT2D eigenvalue weighted by atomic mass is 10.1. The fraction of sp³-hybridized carbons (Fsp3) is 0.500. The lowest BCUT2D eigenvalue weighted by molar-refractivity contribution is -0.202. The van der Waals surface area contributed by atoms with Crippen molar-refractivity contribution in [2.75, 3.05) is 32.5 Å². The fourth-order valence-electron chi connectivity index (χ4n) is 3.99. The lowest BCUT2D eigenvalue weighted by Crippen LogP contribution is -2.61. The van der Waals surface area contributed by atoms with Crippen LogP contribution in [0.3, 0.4) is 0 Å². The lowest BCUT2D eigenvalue weighted by Gasteiger charge is -2.38. The van der Waals surface area contributed by atoms with Crippen molar-refractivity contribution in [2.45, 2.75) is 42.7 Å². The summed E-state index contributed by atoms with van der Waals surface area (Å²) in [5.74, 6) is -0.744. The number of carbonyl (C=O) groups excluding carboxylic acids is 1. The number of nitrogens with zero attached hydrogens (tertiary/aromatic N) is 2. The Labute approximate surface area is 209 Å². The van der Waals surface area contributed by atoms with Crippen LogP contribution in [0.4, 0.5) is 0 Å². The van der Waals surface area contributed by atoms with Gasteiger partial charge in [0.1, 0.15) is 10.3 Å².